The van der Waals surface area contributed by atoms with Gasteiger partial charge in [-0.05, 0) is 33.1 Å². The maximum atomic E-state index is 12.7. The second-order valence-electron chi connectivity index (χ2n) is 5.77. The Balaban J connectivity index is 5.41. The van der Waals surface area contributed by atoms with Crippen molar-refractivity contribution < 1.29 is 31.9 Å². The molecule has 118 valence electrons. The van der Waals surface area contributed by atoms with Crippen LogP contribution in [0.2, 0.25) is 0 Å². The second kappa shape index (κ2) is 6.41. The molecule has 0 bridgehead atoms. The fourth-order valence-electron chi connectivity index (χ4n) is 1.52. The predicted octanol–water partition coefficient (Wildman–Crippen LogP) is 3.65. The molecule has 0 aromatic heterocycles. The van der Waals surface area contributed by atoms with Gasteiger partial charge in [0, 0.05) is 0 Å². The molecule has 0 fully saturated rings. The fourth-order valence-corrected chi connectivity index (χ4v) is 1.52. The number of hydrogen-bond acceptors (Lipinski definition) is 3. The molecule has 0 heterocycles. The molecule has 8 heteroatoms. The lowest BCUT2D eigenvalue weighted by atomic mass is 10.0. The third-order valence-electron chi connectivity index (χ3n) is 2.15. The quantitative estimate of drug-likeness (QED) is 0.344. The van der Waals surface area contributed by atoms with Gasteiger partial charge in [-0.25, -0.2) is 14.5 Å². The van der Waals surface area contributed by atoms with Crippen LogP contribution in [0.15, 0.2) is 0 Å². The van der Waals surface area contributed by atoms with E-state index in [0.29, 0.717) is 0 Å². The Hall–Kier alpha value is -1.34. The van der Waals surface area contributed by atoms with Crippen molar-refractivity contribution >= 4 is 12.1 Å². The first-order chi connectivity index (χ1) is 8.75. The average molecular weight is 301 g/mol. The smallest absolute Gasteiger partial charge is 0.458 e. The van der Waals surface area contributed by atoms with Gasteiger partial charge in [0.25, 0.3) is 0 Å². The monoisotopic (exact) mass is 301 g/mol. The van der Waals surface area contributed by atoms with E-state index >= 15 is 0 Å². The maximum absolute atomic E-state index is 12.7. The Bertz CT molecular complexity index is 361. The summed E-state index contributed by atoms with van der Waals surface area (Å²) in [4.78, 5) is 21.4. The largest absolute Gasteiger partial charge is 0.489 e. The Labute approximate surface area is 115 Å². The molecule has 1 atom stereocenters. The highest BCUT2D eigenvalue weighted by atomic mass is 19.4. The van der Waals surface area contributed by atoms with Gasteiger partial charge in [0.05, 0.1) is 0 Å². The SMILES string of the molecule is CC(C)C[C@@H](C(=O)OC(C)(C)C)N(C(=O)F)C(F)(F)F. The first-order valence-electron chi connectivity index (χ1n) is 6.04. The van der Waals surface area contributed by atoms with Gasteiger partial charge in [0.1, 0.15) is 11.6 Å². The Morgan fingerprint density at radius 1 is 1.15 bits per heavy atom. The summed E-state index contributed by atoms with van der Waals surface area (Å²) in [5.41, 5.74) is -1.04. The number of nitrogens with zero attached hydrogens (tertiary/aromatic N) is 1. The molecular formula is C12H19F4NO3. The van der Waals surface area contributed by atoms with Crippen molar-refractivity contribution in [3.63, 3.8) is 0 Å². The van der Waals surface area contributed by atoms with Crippen LogP contribution >= 0.6 is 0 Å². The van der Waals surface area contributed by atoms with Crippen LogP contribution in [0.3, 0.4) is 0 Å². The molecule has 0 rings (SSSR count). The van der Waals surface area contributed by atoms with Crippen molar-refractivity contribution in [2.75, 3.05) is 0 Å². The minimum Gasteiger partial charge on any atom is -0.458 e. The van der Waals surface area contributed by atoms with E-state index in [2.05, 4.69) is 0 Å². The predicted molar refractivity (Wildman–Crippen MR) is 63.5 cm³/mol. The number of rotatable bonds is 4. The van der Waals surface area contributed by atoms with Crippen molar-refractivity contribution in [2.45, 2.75) is 59.0 Å². The van der Waals surface area contributed by atoms with Gasteiger partial charge in [0.15, 0.2) is 0 Å². The number of carbonyl (C=O) groups is 2. The van der Waals surface area contributed by atoms with Crippen molar-refractivity contribution in [3.8, 4) is 0 Å². The molecule has 4 nitrogen and oxygen atoms in total. The Morgan fingerprint density at radius 2 is 1.60 bits per heavy atom. The molecule has 0 saturated carbocycles. The lowest BCUT2D eigenvalue weighted by Crippen LogP contribution is -2.53. The Morgan fingerprint density at radius 3 is 1.85 bits per heavy atom. The van der Waals surface area contributed by atoms with Gasteiger partial charge in [-0.2, -0.15) is 0 Å². The highest BCUT2D eigenvalue weighted by molar-refractivity contribution is 5.81. The molecule has 0 aliphatic carbocycles. The van der Waals surface area contributed by atoms with E-state index in [1.165, 1.54) is 20.8 Å². The van der Waals surface area contributed by atoms with Crippen molar-refractivity contribution in [1.82, 2.24) is 4.90 Å². The maximum Gasteiger partial charge on any atom is 0.489 e. The van der Waals surface area contributed by atoms with Crippen LogP contribution in [0, 0.1) is 5.92 Å². The number of hydrogen-bond donors (Lipinski definition) is 0. The van der Waals surface area contributed by atoms with E-state index in [4.69, 9.17) is 4.74 Å². The summed E-state index contributed by atoms with van der Waals surface area (Å²) in [5.74, 6) is -1.65. The highest BCUT2D eigenvalue weighted by Gasteiger charge is 2.49. The summed E-state index contributed by atoms with van der Waals surface area (Å²) < 4.78 is 55.7. The molecule has 0 N–H and O–H groups in total. The molecule has 0 saturated heterocycles. The van der Waals surface area contributed by atoms with Crippen LogP contribution in [0.4, 0.5) is 22.4 Å². The van der Waals surface area contributed by atoms with Gasteiger partial charge in [-0.3, -0.25) is 0 Å². The first kappa shape index (κ1) is 18.7. The number of carbonyl (C=O) groups excluding carboxylic acids is 2. The molecule has 0 unspecified atom stereocenters. The van der Waals surface area contributed by atoms with Crippen LogP contribution in [-0.2, 0) is 9.53 Å². The average Bonchev–Trinajstić information content (AvgIpc) is 2.09. The van der Waals surface area contributed by atoms with E-state index in [0.717, 1.165) is 0 Å². The minimum absolute atomic E-state index is 0.357. The molecule has 0 aliphatic rings. The summed E-state index contributed by atoms with van der Waals surface area (Å²) >= 11 is 0. The first-order valence-corrected chi connectivity index (χ1v) is 6.04. The molecule has 20 heavy (non-hydrogen) atoms. The molecular weight excluding hydrogens is 282 g/mol. The van der Waals surface area contributed by atoms with Crippen LogP contribution in [0.1, 0.15) is 41.0 Å². The van der Waals surface area contributed by atoms with Gasteiger partial charge in [-0.15, -0.1) is 17.6 Å². The summed E-state index contributed by atoms with van der Waals surface area (Å²) in [5, 5.41) is 0. The third kappa shape index (κ3) is 6.21. The topological polar surface area (TPSA) is 46.6 Å². The van der Waals surface area contributed by atoms with E-state index in [-0.39, 0.29) is 12.3 Å². The van der Waals surface area contributed by atoms with Crippen LogP contribution in [0.25, 0.3) is 0 Å². The number of amides is 1. The van der Waals surface area contributed by atoms with E-state index in [1.54, 1.807) is 13.8 Å². The third-order valence-corrected chi connectivity index (χ3v) is 2.15. The molecule has 0 spiro atoms. The lowest BCUT2D eigenvalue weighted by Gasteiger charge is -2.32. The zero-order valence-electron chi connectivity index (χ0n) is 12.0. The highest BCUT2D eigenvalue weighted by Crippen LogP contribution is 2.29. The van der Waals surface area contributed by atoms with Gasteiger partial charge < -0.3 is 4.74 Å². The normalized spacial score (nSPS) is 14.1. The van der Waals surface area contributed by atoms with Gasteiger partial charge in [0.2, 0.25) is 0 Å². The molecule has 0 aromatic rings. The van der Waals surface area contributed by atoms with E-state index in [1.807, 2.05) is 0 Å². The number of esters is 1. The van der Waals surface area contributed by atoms with Gasteiger partial charge >= 0.3 is 18.4 Å². The van der Waals surface area contributed by atoms with Crippen molar-refractivity contribution in [2.24, 2.45) is 5.92 Å². The molecule has 0 radical (unpaired) electrons. The van der Waals surface area contributed by atoms with E-state index in [9.17, 15) is 27.2 Å². The van der Waals surface area contributed by atoms with Crippen LogP contribution in [0.5, 0.6) is 0 Å². The summed E-state index contributed by atoms with van der Waals surface area (Å²) in [6.07, 6.45) is -8.37. The van der Waals surface area contributed by atoms with Crippen LogP contribution in [-0.4, -0.2) is 35.0 Å². The molecule has 1 amide bonds. The van der Waals surface area contributed by atoms with Crippen molar-refractivity contribution in [1.29, 1.82) is 0 Å². The van der Waals surface area contributed by atoms with Gasteiger partial charge in [-0.1, -0.05) is 13.8 Å². The summed E-state index contributed by atoms with van der Waals surface area (Å²) in [6.45, 7) is 7.49. The molecule has 0 aromatic carbocycles. The van der Waals surface area contributed by atoms with Crippen molar-refractivity contribution in [3.05, 3.63) is 0 Å². The Kier molecular flexibility index (Phi) is 5.98. The fraction of sp³-hybridized carbons (Fsp3) is 0.833. The second-order valence-corrected chi connectivity index (χ2v) is 5.77. The lowest BCUT2D eigenvalue weighted by molar-refractivity contribution is -0.243. The standard InChI is InChI=1S/C12H19F4NO3/c1-7(2)6-8(9(18)20-11(3,4)5)17(10(13)19)12(14,15)16/h7-8H,6H2,1-5H3/t8-/m0/s1. The van der Waals surface area contributed by atoms with Crippen LogP contribution < -0.4 is 0 Å². The zero-order valence-corrected chi connectivity index (χ0v) is 12.0. The number of halogens is 4. The number of ether oxygens (including phenoxy) is 1. The molecule has 0 aliphatic heterocycles. The zero-order chi connectivity index (χ0) is 16.3. The summed E-state index contributed by atoms with van der Waals surface area (Å²) in [7, 11) is 0. The minimum atomic E-state index is -5.29. The summed E-state index contributed by atoms with van der Waals surface area (Å²) in [6, 6.07) is -2.04. The van der Waals surface area contributed by atoms with E-state index < -0.39 is 35.0 Å². The number of alkyl halides is 3.